The van der Waals surface area contributed by atoms with Crippen LogP contribution in [0.4, 0.5) is 16.2 Å². The Bertz CT molecular complexity index is 948. The van der Waals surface area contributed by atoms with Crippen LogP contribution in [0.3, 0.4) is 0 Å². The van der Waals surface area contributed by atoms with E-state index in [1.165, 1.54) is 0 Å². The van der Waals surface area contributed by atoms with Crippen LogP contribution in [0.15, 0.2) is 78.9 Å². The fourth-order valence-electron chi connectivity index (χ4n) is 2.85. The van der Waals surface area contributed by atoms with Crippen molar-refractivity contribution in [1.82, 2.24) is 0 Å². The Morgan fingerprint density at radius 1 is 0.767 bits per heavy atom. The lowest BCUT2D eigenvalue weighted by Crippen LogP contribution is -2.38. The summed E-state index contributed by atoms with van der Waals surface area (Å²) in [5.41, 5.74) is 1.51. The number of para-hydroxylation sites is 2. The average Bonchev–Trinajstić information content (AvgIpc) is 2.80. The van der Waals surface area contributed by atoms with Crippen molar-refractivity contribution in [2.45, 2.75) is 0 Å². The minimum atomic E-state index is -0.166. The van der Waals surface area contributed by atoms with Crippen LogP contribution in [0, 0.1) is 0 Å². The quantitative estimate of drug-likeness (QED) is 0.483. The van der Waals surface area contributed by atoms with Gasteiger partial charge in [0, 0.05) is 38.6 Å². The zero-order valence-corrected chi connectivity index (χ0v) is 17.4. The highest BCUT2D eigenvalue weighted by atomic mass is 16.5. The van der Waals surface area contributed by atoms with Crippen LogP contribution in [0.2, 0.25) is 0 Å². The van der Waals surface area contributed by atoms with E-state index in [2.05, 4.69) is 0 Å². The van der Waals surface area contributed by atoms with E-state index in [0.717, 1.165) is 5.69 Å². The van der Waals surface area contributed by atoms with E-state index in [1.807, 2.05) is 66.7 Å². The molecule has 0 saturated carbocycles. The summed E-state index contributed by atoms with van der Waals surface area (Å²) in [6, 6.07) is 24.2. The zero-order chi connectivity index (χ0) is 21.3. The number of amides is 2. The van der Waals surface area contributed by atoms with Crippen LogP contribution in [0.5, 0.6) is 17.2 Å². The number of rotatable bonds is 8. The molecular weight excluding hydrogens is 380 g/mol. The number of benzene rings is 3. The maximum Gasteiger partial charge on any atom is 0.328 e. The number of urea groups is 1. The summed E-state index contributed by atoms with van der Waals surface area (Å²) in [6.07, 6.45) is 0. The van der Waals surface area contributed by atoms with Gasteiger partial charge in [0.2, 0.25) is 0 Å². The molecule has 0 bridgehead atoms. The van der Waals surface area contributed by atoms with E-state index in [1.54, 1.807) is 43.1 Å². The molecule has 0 aliphatic carbocycles. The molecule has 0 atom stereocenters. The van der Waals surface area contributed by atoms with Gasteiger partial charge in [-0.15, -0.1) is 0 Å². The molecule has 3 aromatic rings. The SMILES string of the molecule is COCCOc1cc(N(C)C(=O)N(C)c2ccccc2)ccc1Oc1ccccc1. The minimum Gasteiger partial charge on any atom is -0.487 e. The number of carbonyl (C=O) groups excluding carboxylic acids is 1. The molecule has 0 aliphatic rings. The number of anilines is 2. The third-order valence-electron chi connectivity index (χ3n) is 4.55. The van der Waals surface area contributed by atoms with E-state index in [4.69, 9.17) is 14.2 Å². The van der Waals surface area contributed by atoms with E-state index in [-0.39, 0.29) is 6.03 Å². The highest BCUT2D eigenvalue weighted by Crippen LogP contribution is 2.35. The third-order valence-corrected chi connectivity index (χ3v) is 4.55. The summed E-state index contributed by atoms with van der Waals surface area (Å²) in [4.78, 5) is 16.1. The number of hydrogen-bond acceptors (Lipinski definition) is 4. The Labute approximate surface area is 177 Å². The topological polar surface area (TPSA) is 51.2 Å². The number of carbonyl (C=O) groups is 1. The van der Waals surface area contributed by atoms with Crippen LogP contribution in [-0.4, -0.2) is 40.5 Å². The van der Waals surface area contributed by atoms with E-state index < -0.39 is 0 Å². The molecule has 0 spiro atoms. The lowest BCUT2D eigenvalue weighted by molar-refractivity contribution is 0.144. The summed E-state index contributed by atoms with van der Waals surface area (Å²) >= 11 is 0. The highest BCUT2D eigenvalue weighted by molar-refractivity contribution is 6.02. The first kappa shape index (κ1) is 21.2. The first-order chi connectivity index (χ1) is 14.6. The molecule has 0 fully saturated rings. The van der Waals surface area contributed by atoms with Crippen molar-refractivity contribution in [2.24, 2.45) is 0 Å². The fraction of sp³-hybridized carbons (Fsp3) is 0.208. The van der Waals surface area contributed by atoms with E-state index >= 15 is 0 Å². The highest BCUT2D eigenvalue weighted by Gasteiger charge is 2.19. The van der Waals surface area contributed by atoms with Gasteiger partial charge in [-0.3, -0.25) is 9.80 Å². The molecule has 156 valence electrons. The molecule has 2 amide bonds. The standard InChI is InChI=1S/C24H26N2O4/c1-25(19-10-6-4-7-11-19)24(27)26(2)20-14-15-22(23(18-20)29-17-16-28-3)30-21-12-8-5-9-13-21/h4-15,18H,16-17H2,1-3H3. The zero-order valence-electron chi connectivity index (χ0n) is 17.4. The third kappa shape index (κ3) is 5.30. The van der Waals surface area contributed by atoms with Gasteiger partial charge in [0.1, 0.15) is 12.4 Å². The van der Waals surface area contributed by atoms with Crippen LogP contribution in [-0.2, 0) is 4.74 Å². The van der Waals surface area contributed by atoms with Crippen molar-refractivity contribution >= 4 is 17.4 Å². The van der Waals surface area contributed by atoms with E-state index in [9.17, 15) is 4.79 Å². The lowest BCUT2D eigenvalue weighted by Gasteiger charge is -2.25. The summed E-state index contributed by atoms with van der Waals surface area (Å²) in [7, 11) is 5.10. The molecule has 0 radical (unpaired) electrons. The maximum absolute atomic E-state index is 13.0. The molecular formula is C24H26N2O4. The van der Waals surface area contributed by atoms with Crippen molar-refractivity contribution in [2.75, 3.05) is 44.2 Å². The van der Waals surface area contributed by atoms with Gasteiger partial charge in [0.05, 0.1) is 6.61 Å². The van der Waals surface area contributed by atoms with Crippen molar-refractivity contribution in [3.63, 3.8) is 0 Å². The Balaban J connectivity index is 1.83. The van der Waals surface area contributed by atoms with Gasteiger partial charge in [-0.1, -0.05) is 36.4 Å². The smallest absolute Gasteiger partial charge is 0.328 e. The van der Waals surface area contributed by atoms with Gasteiger partial charge >= 0.3 is 6.03 Å². The van der Waals surface area contributed by atoms with Gasteiger partial charge in [-0.05, 0) is 36.4 Å². The number of nitrogens with zero attached hydrogens (tertiary/aromatic N) is 2. The van der Waals surface area contributed by atoms with Gasteiger partial charge in [-0.25, -0.2) is 4.79 Å². The van der Waals surface area contributed by atoms with Crippen LogP contribution >= 0.6 is 0 Å². The lowest BCUT2D eigenvalue weighted by atomic mass is 10.2. The summed E-state index contributed by atoms with van der Waals surface area (Å²) in [5.74, 6) is 1.81. The summed E-state index contributed by atoms with van der Waals surface area (Å²) < 4.78 is 16.9. The van der Waals surface area contributed by atoms with Gasteiger partial charge < -0.3 is 14.2 Å². The normalized spacial score (nSPS) is 10.4. The molecule has 30 heavy (non-hydrogen) atoms. The van der Waals surface area contributed by atoms with E-state index in [0.29, 0.717) is 36.1 Å². The Kier molecular flexibility index (Phi) is 7.29. The number of ether oxygens (including phenoxy) is 3. The van der Waals surface area contributed by atoms with Gasteiger partial charge in [0.15, 0.2) is 11.5 Å². The maximum atomic E-state index is 13.0. The van der Waals surface area contributed by atoms with Crippen LogP contribution < -0.4 is 19.3 Å². The van der Waals surface area contributed by atoms with Crippen molar-refractivity contribution in [3.05, 3.63) is 78.9 Å². The van der Waals surface area contributed by atoms with Crippen LogP contribution in [0.25, 0.3) is 0 Å². The van der Waals surface area contributed by atoms with Crippen molar-refractivity contribution < 1.29 is 19.0 Å². The van der Waals surface area contributed by atoms with Gasteiger partial charge in [0.25, 0.3) is 0 Å². The predicted octanol–water partition coefficient (Wildman–Crippen LogP) is 5.20. The molecule has 0 saturated heterocycles. The minimum absolute atomic E-state index is 0.166. The first-order valence-corrected chi connectivity index (χ1v) is 9.65. The number of hydrogen-bond donors (Lipinski definition) is 0. The summed E-state index contributed by atoms with van der Waals surface area (Å²) in [6.45, 7) is 0.813. The monoisotopic (exact) mass is 406 g/mol. The number of methoxy groups -OCH3 is 1. The largest absolute Gasteiger partial charge is 0.487 e. The Morgan fingerprint density at radius 2 is 1.40 bits per heavy atom. The molecule has 0 N–H and O–H groups in total. The molecule has 3 aromatic carbocycles. The van der Waals surface area contributed by atoms with Crippen LogP contribution in [0.1, 0.15) is 0 Å². The molecule has 6 heteroatoms. The van der Waals surface area contributed by atoms with Gasteiger partial charge in [-0.2, -0.15) is 0 Å². The second kappa shape index (κ2) is 10.3. The molecule has 3 rings (SSSR count). The molecule has 6 nitrogen and oxygen atoms in total. The first-order valence-electron chi connectivity index (χ1n) is 9.65. The summed E-state index contributed by atoms with van der Waals surface area (Å²) in [5, 5.41) is 0. The molecule has 0 aromatic heterocycles. The fourth-order valence-corrected chi connectivity index (χ4v) is 2.85. The Morgan fingerprint density at radius 3 is 2.07 bits per heavy atom. The second-order valence-corrected chi connectivity index (χ2v) is 6.62. The van der Waals surface area contributed by atoms with Crippen molar-refractivity contribution in [1.29, 1.82) is 0 Å². The van der Waals surface area contributed by atoms with Crippen molar-refractivity contribution in [3.8, 4) is 17.2 Å². The Hall–Kier alpha value is -3.51. The second-order valence-electron chi connectivity index (χ2n) is 6.62. The average molecular weight is 406 g/mol. The predicted molar refractivity (Wildman–Crippen MR) is 119 cm³/mol. The molecule has 0 aliphatic heterocycles. The molecule has 0 heterocycles. The molecule has 0 unspecified atom stereocenters.